The second kappa shape index (κ2) is 9.32. The van der Waals surface area contributed by atoms with E-state index in [0.717, 1.165) is 0 Å². The van der Waals surface area contributed by atoms with Crippen LogP contribution >= 0.6 is 0 Å². The predicted octanol–water partition coefficient (Wildman–Crippen LogP) is 3.82. The van der Waals surface area contributed by atoms with Crippen LogP contribution in [-0.4, -0.2) is 28.0 Å². The number of rotatable bonds is 8. The van der Waals surface area contributed by atoms with Crippen LogP contribution < -0.4 is 19.5 Å². The molecule has 0 unspecified atom stereocenters. The third-order valence-corrected chi connectivity index (χ3v) is 5.59. The highest BCUT2D eigenvalue weighted by atomic mass is 32.2. The summed E-state index contributed by atoms with van der Waals surface area (Å²) >= 11 is 0. The third-order valence-electron chi connectivity index (χ3n) is 4.22. The molecule has 3 aromatic carbocycles. The van der Waals surface area contributed by atoms with Crippen molar-refractivity contribution >= 4 is 27.3 Å². The summed E-state index contributed by atoms with van der Waals surface area (Å²) in [7, 11) is -2.16. The second-order valence-corrected chi connectivity index (χ2v) is 8.15. The van der Waals surface area contributed by atoms with Gasteiger partial charge in [-0.15, -0.1) is 0 Å². The molecular weight excluding hydrogens is 404 g/mol. The highest BCUT2D eigenvalue weighted by molar-refractivity contribution is 7.92. The van der Waals surface area contributed by atoms with Gasteiger partial charge in [-0.2, -0.15) is 0 Å². The molecule has 8 heteroatoms. The number of ether oxygens (including phenoxy) is 2. The zero-order valence-corrected chi connectivity index (χ0v) is 17.4. The predicted molar refractivity (Wildman–Crippen MR) is 116 cm³/mol. The number of para-hydroxylation sites is 1. The Morgan fingerprint density at radius 3 is 2.27 bits per heavy atom. The Hall–Kier alpha value is -3.52. The zero-order chi connectivity index (χ0) is 21.6. The number of benzene rings is 3. The highest BCUT2D eigenvalue weighted by Crippen LogP contribution is 2.23. The van der Waals surface area contributed by atoms with Crippen LogP contribution in [0.5, 0.6) is 11.5 Å². The Morgan fingerprint density at radius 2 is 1.63 bits per heavy atom. The minimum atomic E-state index is -3.73. The fourth-order valence-corrected chi connectivity index (χ4v) is 3.83. The smallest absolute Gasteiger partial charge is 0.262 e. The fourth-order valence-electron chi connectivity index (χ4n) is 2.69. The minimum absolute atomic E-state index is 0.110. The molecule has 0 radical (unpaired) electrons. The van der Waals surface area contributed by atoms with Crippen molar-refractivity contribution in [2.24, 2.45) is 0 Å². The van der Waals surface area contributed by atoms with Crippen molar-refractivity contribution in [1.29, 1.82) is 0 Å². The summed E-state index contributed by atoms with van der Waals surface area (Å²) in [5, 5.41) is 2.72. The first-order chi connectivity index (χ1) is 14.4. The van der Waals surface area contributed by atoms with Gasteiger partial charge < -0.3 is 14.8 Å². The molecule has 3 aromatic rings. The van der Waals surface area contributed by atoms with Gasteiger partial charge in [0.15, 0.2) is 6.61 Å². The van der Waals surface area contributed by atoms with Crippen molar-refractivity contribution < 1.29 is 22.7 Å². The van der Waals surface area contributed by atoms with E-state index in [-0.39, 0.29) is 17.4 Å². The summed E-state index contributed by atoms with van der Waals surface area (Å²) in [5.74, 6) is 0.789. The Kier molecular flexibility index (Phi) is 6.58. The fraction of sp³-hybridized carbons (Fsp3) is 0.136. The van der Waals surface area contributed by atoms with E-state index >= 15 is 0 Å². The molecule has 0 heterocycles. The Morgan fingerprint density at radius 1 is 0.933 bits per heavy atom. The van der Waals surface area contributed by atoms with Crippen molar-refractivity contribution in [2.75, 3.05) is 23.8 Å². The summed E-state index contributed by atoms with van der Waals surface area (Å²) < 4.78 is 38.3. The summed E-state index contributed by atoms with van der Waals surface area (Å²) in [4.78, 5) is 12.2. The lowest BCUT2D eigenvalue weighted by atomic mass is 10.2. The summed E-state index contributed by atoms with van der Waals surface area (Å²) in [6.07, 6.45) is 0. The van der Waals surface area contributed by atoms with Crippen LogP contribution in [0.3, 0.4) is 0 Å². The molecule has 0 aliphatic rings. The van der Waals surface area contributed by atoms with E-state index in [0.29, 0.717) is 28.4 Å². The number of nitrogens with one attached hydrogen (secondary N) is 2. The van der Waals surface area contributed by atoms with Gasteiger partial charge in [0.1, 0.15) is 11.5 Å². The van der Waals surface area contributed by atoms with Crippen LogP contribution in [0.25, 0.3) is 0 Å². The molecule has 0 atom stereocenters. The van der Waals surface area contributed by atoms with Gasteiger partial charge >= 0.3 is 0 Å². The quantitative estimate of drug-likeness (QED) is 0.571. The first-order valence-corrected chi connectivity index (χ1v) is 10.6. The number of anilines is 2. The van der Waals surface area contributed by atoms with Gasteiger partial charge in [0, 0.05) is 11.4 Å². The first kappa shape index (κ1) is 21.2. The Bertz CT molecular complexity index is 1110. The van der Waals surface area contributed by atoms with Gasteiger partial charge in [0.25, 0.3) is 15.9 Å². The molecule has 1 amide bonds. The van der Waals surface area contributed by atoms with Crippen LogP contribution in [-0.2, 0) is 14.8 Å². The van der Waals surface area contributed by atoms with E-state index in [1.54, 1.807) is 68.6 Å². The maximum Gasteiger partial charge on any atom is 0.262 e. The number of carbonyl (C=O) groups excluding carboxylic acids is 1. The molecule has 3 rings (SSSR count). The summed E-state index contributed by atoms with van der Waals surface area (Å²) in [5.41, 5.74) is 1.70. The molecule has 156 valence electrons. The number of carbonyl (C=O) groups is 1. The first-order valence-electron chi connectivity index (χ1n) is 9.12. The van der Waals surface area contributed by atoms with Gasteiger partial charge in [-0.1, -0.05) is 18.2 Å². The van der Waals surface area contributed by atoms with Crippen LogP contribution in [0.2, 0.25) is 0 Å². The topological polar surface area (TPSA) is 93.7 Å². The molecule has 0 aromatic heterocycles. The third kappa shape index (κ3) is 5.51. The van der Waals surface area contributed by atoms with E-state index in [1.807, 2.05) is 0 Å². The normalized spacial score (nSPS) is 10.9. The number of aryl methyl sites for hydroxylation is 1. The van der Waals surface area contributed by atoms with E-state index < -0.39 is 10.0 Å². The second-order valence-electron chi connectivity index (χ2n) is 6.46. The van der Waals surface area contributed by atoms with Gasteiger partial charge in [-0.05, 0) is 67.1 Å². The van der Waals surface area contributed by atoms with Gasteiger partial charge in [-0.25, -0.2) is 8.42 Å². The standard InChI is InChI=1S/C22H22N2O5S/c1-16-14-20(30(26,27)24-18-6-4-3-5-7-18)12-13-21(16)29-15-22(25)23-17-8-10-19(28-2)11-9-17/h3-14,24H,15H2,1-2H3,(H,23,25). The van der Waals surface area contributed by atoms with Crippen molar-refractivity contribution in [3.63, 3.8) is 0 Å². The van der Waals surface area contributed by atoms with Crippen LogP contribution in [0.1, 0.15) is 5.56 Å². The van der Waals surface area contributed by atoms with E-state index in [2.05, 4.69) is 10.0 Å². The average molecular weight is 426 g/mol. The molecule has 7 nitrogen and oxygen atoms in total. The Labute approximate surface area is 175 Å². The summed E-state index contributed by atoms with van der Waals surface area (Å²) in [6, 6.07) is 20.0. The zero-order valence-electron chi connectivity index (χ0n) is 16.6. The van der Waals surface area contributed by atoms with Crippen molar-refractivity contribution in [1.82, 2.24) is 0 Å². The lowest BCUT2D eigenvalue weighted by Crippen LogP contribution is -2.20. The molecule has 0 fully saturated rings. The van der Waals surface area contributed by atoms with Crippen LogP contribution in [0.4, 0.5) is 11.4 Å². The maximum atomic E-state index is 12.6. The lowest BCUT2D eigenvalue weighted by Gasteiger charge is -2.12. The van der Waals surface area contributed by atoms with Crippen molar-refractivity contribution in [2.45, 2.75) is 11.8 Å². The largest absolute Gasteiger partial charge is 0.497 e. The van der Waals surface area contributed by atoms with Gasteiger partial charge in [-0.3, -0.25) is 9.52 Å². The number of amides is 1. The number of hydrogen-bond donors (Lipinski definition) is 2. The van der Waals surface area contributed by atoms with Crippen LogP contribution in [0.15, 0.2) is 77.7 Å². The minimum Gasteiger partial charge on any atom is -0.497 e. The van der Waals surface area contributed by atoms with Crippen molar-refractivity contribution in [3.8, 4) is 11.5 Å². The van der Waals surface area contributed by atoms with E-state index in [4.69, 9.17) is 9.47 Å². The molecule has 0 aliphatic carbocycles. The maximum absolute atomic E-state index is 12.6. The monoisotopic (exact) mass is 426 g/mol. The van der Waals surface area contributed by atoms with E-state index in [1.165, 1.54) is 18.2 Å². The van der Waals surface area contributed by atoms with E-state index in [9.17, 15) is 13.2 Å². The molecule has 0 spiro atoms. The van der Waals surface area contributed by atoms with Gasteiger partial charge in [0.05, 0.1) is 12.0 Å². The average Bonchev–Trinajstić information content (AvgIpc) is 2.74. The highest BCUT2D eigenvalue weighted by Gasteiger charge is 2.16. The number of sulfonamides is 1. The van der Waals surface area contributed by atoms with Crippen molar-refractivity contribution in [3.05, 3.63) is 78.4 Å². The Balaban J connectivity index is 1.61. The lowest BCUT2D eigenvalue weighted by molar-refractivity contribution is -0.118. The SMILES string of the molecule is COc1ccc(NC(=O)COc2ccc(S(=O)(=O)Nc3ccccc3)cc2C)cc1. The molecular formula is C22H22N2O5S. The molecule has 30 heavy (non-hydrogen) atoms. The van der Waals surface area contributed by atoms with Gasteiger partial charge in [0.2, 0.25) is 0 Å². The molecule has 0 aliphatic heterocycles. The molecule has 0 saturated heterocycles. The molecule has 2 N–H and O–H groups in total. The summed E-state index contributed by atoms with van der Waals surface area (Å²) in [6.45, 7) is 1.51. The van der Waals surface area contributed by atoms with Crippen LogP contribution in [0, 0.1) is 6.92 Å². The number of methoxy groups -OCH3 is 1. The number of hydrogen-bond acceptors (Lipinski definition) is 5. The molecule has 0 bridgehead atoms. The molecule has 0 saturated carbocycles.